The molecule has 1 saturated heterocycles. The molecule has 66 heavy (non-hydrogen) atoms. The smallest absolute Gasteiger partial charge is 0.263 e. The van der Waals surface area contributed by atoms with E-state index < -0.39 is 4.99 Å². The molecule has 0 spiro atoms. The molecular weight excluding hydrogens is 857 g/mol. The Morgan fingerprint density at radius 1 is 0.879 bits per heavy atom. The first-order chi connectivity index (χ1) is 31.8. The number of aromatic nitrogens is 4. The summed E-state index contributed by atoms with van der Waals surface area (Å²) in [5.74, 6) is 0.462. The summed E-state index contributed by atoms with van der Waals surface area (Å²) >= 11 is 1.57. The van der Waals surface area contributed by atoms with Crippen LogP contribution in [-0.4, -0.2) is 105 Å². The lowest BCUT2D eigenvalue weighted by atomic mass is 10.0. The maximum atomic E-state index is 13.6. The Morgan fingerprint density at radius 3 is 2.24 bits per heavy atom. The average Bonchev–Trinajstić information content (AvgIpc) is 3.94. The Bertz CT molecular complexity index is 2500. The molecule has 1 unspecified atom stereocenters. The third kappa shape index (κ3) is 12.3. The van der Waals surface area contributed by atoms with Gasteiger partial charge in [-0.05, 0) is 102 Å². The average molecular weight is 921 g/mol. The molecule has 7 rings (SSSR count). The summed E-state index contributed by atoms with van der Waals surface area (Å²) in [5.41, 5.74) is 4.25. The van der Waals surface area contributed by atoms with Crippen LogP contribution in [0.4, 0.5) is 23.1 Å². The van der Waals surface area contributed by atoms with Crippen LogP contribution in [-0.2, 0) is 9.59 Å². The Balaban J connectivity index is 0.738. The first-order valence-corrected chi connectivity index (χ1v) is 24.1. The van der Waals surface area contributed by atoms with Crippen LogP contribution in [0.15, 0.2) is 58.6 Å². The molecule has 3 aromatic heterocycles. The minimum Gasteiger partial charge on any atom is -0.376 e. The first-order valence-electron chi connectivity index (χ1n) is 23.2. The summed E-state index contributed by atoms with van der Waals surface area (Å²) in [7, 11) is 0. The number of carbonyl (C=O) groups excluding carboxylic acids is 4. The van der Waals surface area contributed by atoms with Crippen LogP contribution in [0.5, 0.6) is 0 Å². The molecule has 352 valence electrons. The van der Waals surface area contributed by atoms with Gasteiger partial charge in [0.15, 0.2) is 10.8 Å². The molecule has 2 fully saturated rings. The highest BCUT2D eigenvalue weighted by Gasteiger charge is 2.31. The second-order valence-electron chi connectivity index (χ2n) is 17.7. The molecule has 1 saturated carbocycles. The van der Waals surface area contributed by atoms with Crippen LogP contribution in [0.1, 0.15) is 116 Å². The second kappa shape index (κ2) is 22.0. The lowest BCUT2D eigenvalue weighted by Crippen LogP contribution is -2.50. The van der Waals surface area contributed by atoms with E-state index >= 15 is 0 Å². The minimum atomic E-state index is -0.575. The number of thioether (sulfide) groups is 1. The number of nitrogens with one attached hydrogen (secondary N) is 6. The predicted molar refractivity (Wildman–Crippen MR) is 261 cm³/mol. The van der Waals surface area contributed by atoms with Crippen LogP contribution in [0.2, 0.25) is 0 Å². The molecule has 0 bridgehead atoms. The van der Waals surface area contributed by atoms with Gasteiger partial charge >= 0.3 is 0 Å². The van der Waals surface area contributed by atoms with Crippen molar-refractivity contribution in [2.45, 2.75) is 103 Å². The quantitative estimate of drug-likeness (QED) is 0.0452. The summed E-state index contributed by atoms with van der Waals surface area (Å²) in [6.45, 7) is 13.9. The Morgan fingerprint density at radius 2 is 1.59 bits per heavy atom. The third-order valence-corrected chi connectivity index (χ3v) is 13.6. The fraction of sp³-hybridized carbons (Fsp3) is 0.500. The van der Waals surface area contributed by atoms with Gasteiger partial charge in [-0.1, -0.05) is 43.9 Å². The topological polar surface area (TPSA) is 208 Å². The Hall–Kier alpha value is -6.01. The number of allylic oxidation sites excluding steroid dienone is 1. The van der Waals surface area contributed by atoms with Gasteiger partial charge in [0.2, 0.25) is 17.8 Å². The normalized spacial score (nSPS) is 17.6. The first kappa shape index (κ1) is 47.9. The van der Waals surface area contributed by atoms with E-state index in [1.165, 1.54) is 6.92 Å². The van der Waals surface area contributed by atoms with E-state index in [1.54, 1.807) is 35.5 Å². The molecule has 2 aliphatic heterocycles. The molecule has 5 heterocycles. The zero-order chi connectivity index (χ0) is 46.8. The van der Waals surface area contributed by atoms with Gasteiger partial charge < -0.3 is 36.8 Å². The van der Waals surface area contributed by atoms with Crippen LogP contribution >= 0.6 is 11.8 Å². The molecule has 1 aliphatic carbocycles. The number of hydrogen-bond donors (Lipinski definition) is 6. The maximum absolute atomic E-state index is 13.6. The number of hydrogen-bond acceptors (Lipinski definition) is 14. The van der Waals surface area contributed by atoms with Gasteiger partial charge in [-0.3, -0.25) is 33.4 Å². The fourth-order valence-electron chi connectivity index (χ4n) is 8.97. The van der Waals surface area contributed by atoms with Gasteiger partial charge in [-0.15, -0.1) is 0 Å². The Labute approximate surface area is 390 Å². The molecular formula is C48H64N12O5S. The van der Waals surface area contributed by atoms with E-state index in [0.717, 1.165) is 106 Å². The fourth-order valence-corrected chi connectivity index (χ4v) is 9.99. The minimum absolute atomic E-state index is 0.00286. The second-order valence-corrected chi connectivity index (χ2v) is 19.4. The highest BCUT2D eigenvalue weighted by molar-refractivity contribution is 8.04. The number of anilines is 4. The van der Waals surface area contributed by atoms with Gasteiger partial charge in [0, 0.05) is 79.2 Å². The maximum Gasteiger partial charge on any atom is 0.263 e. The summed E-state index contributed by atoms with van der Waals surface area (Å²) < 4.78 is 1.71. The van der Waals surface area contributed by atoms with Crippen molar-refractivity contribution in [3.63, 3.8) is 0 Å². The van der Waals surface area contributed by atoms with Gasteiger partial charge in [-0.2, -0.15) is 4.98 Å². The predicted octanol–water partition coefficient (Wildman–Crippen LogP) is 5.88. The lowest BCUT2D eigenvalue weighted by molar-refractivity contribution is -0.122. The number of amides is 3. The number of rotatable bonds is 20. The van der Waals surface area contributed by atoms with E-state index in [9.17, 15) is 24.0 Å². The largest absolute Gasteiger partial charge is 0.376 e. The van der Waals surface area contributed by atoms with Crippen molar-refractivity contribution in [2.75, 3.05) is 67.9 Å². The molecule has 1 aromatic carbocycles. The monoisotopic (exact) mass is 920 g/mol. The van der Waals surface area contributed by atoms with Crippen molar-refractivity contribution in [3.8, 4) is 0 Å². The van der Waals surface area contributed by atoms with Crippen molar-refractivity contribution in [3.05, 3.63) is 86.4 Å². The van der Waals surface area contributed by atoms with E-state index in [4.69, 9.17) is 4.98 Å². The summed E-state index contributed by atoms with van der Waals surface area (Å²) in [5, 5.41) is 19.3. The summed E-state index contributed by atoms with van der Waals surface area (Å²) in [4.78, 5) is 82.9. The van der Waals surface area contributed by atoms with E-state index in [1.807, 2.05) is 57.4 Å². The summed E-state index contributed by atoms with van der Waals surface area (Å²) in [6, 6.07) is 9.36. The summed E-state index contributed by atoms with van der Waals surface area (Å²) in [6.07, 6.45) is 14.1. The van der Waals surface area contributed by atoms with Crippen molar-refractivity contribution < 1.29 is 19.2 Å². The number of pyridine rings is 2. The number of unbranched alkanes of at least 4 members (excludes halogenated alkanes) is 4. The Kier molecular flexibility index (Phi) is 16.0. The lowest BCUT2D eigenvalue weighted by Gasteiger charge is -2.35. The van der Waals surface area contributed by atoms with Gasteiger partial charge in [-0.25, -0.2) is 9.97 Å². The van der Waals surface area contributed by atoms with Crippen molar-refractivity contribution >= 4 is 69.4 Å². The molecule has 6 N–H and O–H groups in total. The van der Waals surface area contributed by atoms with Crippen LogP contribution in [0.3, 0.4) is 0 Å². The number of carbonyl (C=O) groups is 4. The SMILES string of the molecule is CC(=O)c1c(C)c2cnc(Nc3ccc(N4CCN(CC(=O)NCCCCCCCNC(=O)CNc5ccc(C(=O)NC6(C)NC=C(C)S6)c(C)c5)CC4)cn3)nc2n(C2CCCC2)c1=O. The van der Waals surface area contributed by atoms with E-state index in [0.29, 0.717) is 53.6 Å². The molecule has 3 aliphatic rings. The molecule has 4 aromatic rings. The zero-order valence-electron chi connectivity index (χ0n) is 38.8. The third-order valence-electron chi connectivity index (χ3n) is 12.5. The van der Waals surface area contributed by atoms with Gasteiger partial charge in [0.25, 0.3) is 11.5 Å². The standard InChI is InChI=1S/C48H64N12O5S/c1-31-25-35(15-17-38(31)45(64)57-48(5)54-26-32(2)66-48)51-29-41(62)49-19-11-7-6-8-12-20-50-42(63)30-58-21-23-59(24-22-58)37-16-18-40(52-27-37)55-47-53-28-39-33(3)43(34(4)61)46(65)60(44(39)56-47)36-13-9-10-14-36/h15-18,25-28,36,51,54H,6-14,19-24,29-30H2,1-5H3,(H,49,62)(H,50,63)(H,57,64)(H,52,53,55,56). The highest BCUT2D eigenvalue weighted by atomic mass is 32.2. The number of nitrogens with zero attached hydrogens (tertiary/aromatic N) is 6. The molecule has 18 heteroatoms. The molecule has 17 nitrogen and oxygen atoms in total. The van der Waals surface area contributed by atoms with E-state index in [-0.39, 0.29) is 47.2 Å². The number of Topliss-reactive ketones (excluding diaryl/α,β-unsaturated/α-hetero) is 1. The molecule has 3 amide bonds. The number of aryl methyl sites for hydroxylation is 2. The van der Waals surface area contributed by atoms with Gasteiger partial charge in [0.05, 0.1) is 30.5 Å². The number of benzene rings is 1. The molecule has 0 radical (unpaired) electrons. The van der Waals surface area contributed by atoms with E-state index in [2.05, 4.69) is 51.7 Å². The number of fused-ring (bicyclic) bond motifs is 1. The molecule has 1 atom stereocenters. The van der Waals surface area contributed by atoms with Crippen molar-refractivity contribution in [1.82, 2.24) is 45.7 Å². The zero-order valence-corrected chi connectivity index (χ0v) is 39.7. The van der Waals surface area contributed by atoms with Crippen LogP contribution < -0.4 is 42.4 Å². The number of ketones is 1. The van der Waals surface area contributed by atoms with Crippen molar-refractivity contribution in [2.24, 2.45) is 0 Å². The highest BCUT2D eigenvalue weighted by Crippen LogP contribution is 2.34. The number of piperazine rings is 1. The van der Waals surface area contributed by atoms with Crippen LogP contribution in [0.25, 0.3) is 11.0 Å². The van der Waals surface area contributed by atoms with Gasteiger partial charge in [0.1, 0.15) is 11.5 Å². The van der Waals surface area contributed by atoms with Crippen LogP contribution in [0, 0.1) is 13.8 Å². The van der Waals surface area contributed by atoms with Crippen molar-refractivity contribution in [1.29, 1.82) is 0 Å².